The highest BCUT2D eigenvalue weighted by molar-refractivity contribution is 5.88. The SMILES string of the molecule is O=C(O)c1cnc(NC2(C(F)(F)F)CC2)c([N+](=O)[O-])c1. The van der Waals surface area contributed by atoms with Crippen LogP contribution in [-0.2, 0) is 0 Å². The van der Waals surface area contributed by atoms with E-state index in [2.05, 4.69) is 4.98 Å². The molecule has 1 aliphatic rings. The van der Waals surface area contributed by atoms with E-state index in [9.17, 15) is 28.1 Å². The van der Waals surface area contributed by atoms with E-state index in [0.29, 0.717) is 6.07 Å². The highest BCUT2D eigenvalue weighted by atomic mass is 19.4. The van der Waals surface area contributed by atoms with E-state index in [4.69, 9.17) is 5.11 Å². The van der Waals surface area contributed by atoms with Gasteiger partial charge < -0.3 is 10.4 Å². The van der Waals surface area contributed by atoms with Crippen molar-refractivity contribution in [1.29, 1.82) is 0 Å². The van der Waals surface area contributed by atoms with Gasteiger partial charge in [-0.2, -0.15) is 13.2 Å². The first-order chi connectivity index (χ1) is 9.16. The van der Waals surface area contributed by atoms with Crippen LogP contribution in [0.3, 0.4) is 0 Å². The van der Waals surface area contributed by atoms with E-state index >= 15 is 0 Å². The Labute approximate surface area is 109 Å². The molecule has 108 valence electrons. The number of alkyl halides is 3. The molecular weight excluding hydrogens is 283 g/mol. The number of pyridine rings is 1. The normalized spacial score (nSPS) is 16.6. The summed E-state index contributed by atoms with van der Waals surface area (Å²) in [6, 6.07) is 0.671. The lowest BCUT2D eigenvalue weighted by Gasteiger charge is -2.21. The number of aromatic nitrogens is 1. The number of aromatic carboxylic acids is 1. The summed E-state index contributed by atoms with van der Waals surface area (Å²) in [7, 11) is 0. The van der Waals surface area contributed by atoms with Crippen molar-refractivity contribution in [3.63, 3.8) is 0 Å². The lowest BCUT2D eigenvalue weighted by Crippen LogP contribution is -2.39. The summed E-state index contributed by atoms with van der Waals surface area (Å²) >= 11 is 0. The van der Waals surface area contributed by atoms with Crippen LogP contribution in [-0.4, -0.2) is 32.7 Å². The molecule has 20 heavy (non-hydrogen) atoms. The Morgan fingerprint density at radius 3 is 2.50 bits per heavy atom. The maximum absolute atomic E-state index is 12.8. The van der Waals surface area contributed by atoms with E-state index in [0.717, 1.165) is 6.20 Å². The summed E-state index contributed by atoms with van der Waals surface area (Å²) < 4.78 is 38.3. The number of carboxylic acids is 1. The highest BCUT2D eigenvalue weighted by Crippen LogP contribution is 2.51. The van der Waals surface area contributed by atoms with E-state index in [-0.39, 0.29) is 12.8 Å². The van der Waals surface area contributed by atoms with Gasteiger partial charge in [-0.15, -0.1) is 0 Å². The molecule has 1 aromatic heterocycles. The molecule has 1 fully saturated rings. The Balaban J connectivity index is 2.38. The first-order valence-electron chi connectivity index (χ1n) is 5.39. The molecule has 0 aliphatic heterocycles. The first kappa shape index (κ1) is 14.0. The smallest absolute Gasteiger partial charge is 0.411 e. The predicted octanol–water partition coefficient (Wildman–Crippen LogP) is 2.19. The minimum atomic E-state index is -4.56. The Morgan fingerprint density at radius 1 is 1.50 bits per heavy atom. The third-order valence-corrected chi connectivity index (χ3v) is 2.96. The molecular formula is C10H8F3N3O4. The van der Waals surface area contributed by atoms with Gasteiger partial charge in [-0.3, -0.25) is 10.1 Å². The maximum Gasteiger partial charge on any atom is 0.411 e. The third-order valence-electron chi connectivity index (χ3n) is 2.96. The Hall–Kier alpha value is -2.39. The number of halogens is 3. The van der Waals surface area contributed by atoms with Gasteiger partial charge in [0.25, 0.3) is 0 Å². The molecule has 2 rings (SSSR count). The van der Waals surface area contributed by atoms with Crippen LogP contribution in [0.2, 0.25) is 0 Å². The number of hydrogen-bond acceptors (Lipinski definition) is 5. The zero-order valence-electron chi connectivity index (χ0n) is 9.77. The van der Waals surface area contributed by atoms with Crippen molar-refractivity contribution in [2.75, 3.05) is 5.32 Å². The number of nitrogens with one attached hydrogen (secondary N) is 1. The quantitative estimate of drug-likeness (QED) is 0.650. The van der Waals surface area contributed by atoms with Gasteiger partial charge >= 0.3 is 17.8 Å². The molecule has 0 atom stereocenters. The van der Waals surface area contributed by atoms with Crippen LogP contribution in [0.25, 0.3) is 0 Å². The van der Waals surface area contributed by atoms with Crippen LogP contribution in [0, 0.1) is 10.1 Å². The minimum absolute atomic E-state index is 0.212. The number of carbonyl (C=O) groups is 1. The summed E-state index contributed by atoms with van der Waals surface area (Å²) in [5.41, 5.74) is -3.49. The van der Waals surface area contributed by atoms with Gasteiger partial charge in [0, 0.05) is 12.3 Å². The molecule has 7 nitrogen and oxygen atoms in total. The average Bonchev–Trinajstić information content (AvgIpc) is 3.09. The second-order valence-electron chi connectivity index (χ2n) is 4.36. The molecule has 10 heteroatoms. The van der Waals surface area contributed by atoms with Crippen LogP contribution in [0.4, 0.5) is 24.7 Å². The van der Waals surface area contributed by atoms with Gasteiger partial charge in [0.1, 0.15) is 5.54 Å². The van der Waals surface area contributed by atoms with Gasteiger partial charge in [-0.1, -0.05) is 0 Å². The van der Waals surface area contributed by atoms with Crippen molar-refractivity contribution in [2.45, 2.75) is 24.6 Å². The van der Waals surface area contributed by atoms with Crippen molar-refractivity contribution in [3.05, 3.63) is 27.9 Å². The van der Waals surface area contributed by atoms with E-state index in [1.165, 1.54) is 0 Å². The van der Waals surface area contributed by atoms with Crippen molar-refractivity contribution in [3.8, 4) is 0 Å². The summed E-state index contributed by atoms with van der Waals surface area (Å²) in [4.78, 5) is 23.9. The number of rotatable bonds is 4. The fraction of sp³-hybridized carbons (Fsp3) is 0.400. The van der Waals surface area contributed by atoms with Crippen molar-refractivity contribution < 1.29 is 28.0 Å². The maximum atomic E-state index is 12.8. The summed E-state index contributed by atoms with van der Waals surface area (Å²) in [5, 5.41) is 21.5. The fourth-order valence-electron chi connectivity index (χ4n) is 1.64. The molecule has 0 radical (unpaired) electrons. The van der Waals surface area contributed by atoms with Crippen LogP contribution >= 0.6 is 0 Å². The standard InChI is InChI=1S/C10H8F3N3O4/c11-10(12,13)9(1-2-9)15-7-6(16(19)20)3-5(4-14-7)8(17)18/h3-4H,1-2H2,(H,14,15)(H,17,18). The highest BCUT2D eigenvalue weighted by Gasteiger charge is 2.64. The summed E-state index contributed by atoms with van der Waals surface area (Å²) in [6.07, 6.45) is -4.22. The summed E-state index contributed by atoms with van der Waals surface area (Å²) in [6.45, 7) is 0. The molecule has 0 bridgehead atoms. The molecule has 0 amide bonds. The van der Waals surface area contributed by atoms with Crippen LogP contribution < -0.4 is 5.32 Å². The topological polar surface area (TPSA) is 105 Å². The fourth-order valence-corrected chi connectivity index (χ4v) is 1.64. The third kappa shape index (κ3) is 2.36. The molecule has 0 spiro atoms. The molecule has 2 N–H and O–H groups in total. The summed E-state index contributed by atoms with van der Waals surface area (Å²) in [5.74, 6) is -2.04. The Bertz CT molecular complexity index is 584. The average molecular weight is 291 g/mol. The minimum Gasteiger partial charge on any atom is -0.478 e. The zero-order valence-corrected chi connectivity index (χ0v) is 9.77. The molecule has 0 saturated heterocycles. The molecule has 1 aliphatic carbocycles. The number of hydrogen-bond donors (Lipinski definition) is 2. The zero-order chi connectivity index (χ0) is 15.1. The lowest BCUT2D eigenvalue weighted by molar-refractivity contribution is -0.384. The number of nitro groups is 1. The molecule has 1 aromatic rings. The van der Waals surface area contributed by atoms with Crippen LogP contribution in [0.15, 0.2) is 12.3 Å². The molecule has 0 aromatic carbocycles. The van der Waals surface area contributed by atoms with Crippen LogP contribution in [0.1, 0.15) is 23.2 Å². The van der Waals surface area contributed by atoms with Gasteiger partial charge in [0.05, 0.1) is 10.5 Å². The number of nitrogens with zero attached hydrogens (tertiary/aromatic N) is 2. The molecule has 1 heterocycles. The van der Waals surface area contributed by atoms with Gasteiger partial charge in [0.15, 0.2) is 0 Å². The second kappa shape index (κ2) is 4.32. The van der Waals surface area contributed by atoms with Crippen molar-refractivity contribution in [1.82, 2.24) is 4.98 Å². The second-order valence-corrected chi connectivity index (χ2v) is 4.36. The monoisotopic (exact) mass is 291 g/mol. The van der Waals surface area contributed by atoms with Crippen LogP contribution in [0.5, 0.6) is 0 Å². The van der Waals surface area contributed by atoms with Gasteiger partial charge in [-0.05, 0) is 12.8 Å². The number of carboxylic acid groups (broad SMARTS) is 1. The number of anilines is 1. The Morgan fingerprint density at radius 2 is 2.10 bits per heavy atom. The van der Waals surface area contributed by atoms with Crippen molar-refractivity contribution in [2.24, 2.45) is 0 Å². The van der Waals surface area contributed by atoms with Crippen molar-refractivity contribution >= 4 is 17.5 Å². The van der Waals surface area contributed by atoms with E-state index in [1.54, 1.807) is 0 Å². The van der Waals surface area contributed by atoms with Gasteiger partial charge in [0.2, 0.25) is 5.82 Å². The molecule has 1 saturated carbocycles. The predicted molar refractivity (Wildman–Crippen MR) is 59.5 cm³/mol. The largest absolute Gasteiger partial charge is 0.478 e. The van der Waals surface area contributed by atoms with E-state index < -0.39 is 39.7 Å². The Kier molecular flexibility index (Phi) is 3.03. The van der Waals surface area contributed by atoms with Gasteiger partial charge in [-0.25, -0.2) is 9.78 Å². The first-order valence-corrected chi connectivity index (χ1v) is 5.39. The molecule has 0 unspecified atom stereocenters. The lowest BCUT2D eigenvalue weighted by atomic mass is 10.2. The van der Waals surface area contributed by atoms with E-state index in [1.807, 2.05) is 5.32 Å².